The van der Waals surface area contributed by atoms with Crippen molar-refractivity contribution in [2.75, 3.05) is 0 Å². The van der Waals surface area contributed by atoms with Crippen molar-refractivity contribution < 1.29 is 66.1 Å². The van der Waals surface area contributed by atoms with Gasteiger partial charge in [0.2, 0.25) is 0 Å². The summed E-state index contributed by atoms with van der Waals surface area (Å²) in [4.78, 5) is 28.5. The molecule has 0 spiro atoms. The van der Waals surface area contributed by atoms with Crippen molar-refractivity contribution in [2.24, 2.45) is 0 Å². The summed E-state index contributed by atoms with van der Waals surface area (Å²) in [5.74, 6) is -1.45. The van der Waals surface area contributed by atoms with Gasteiger partial charge in [0.15, 0.2) is 0 Å². The molecule has 0 atom stereocenters. The number of thiazole rings is 1. The number of hydrogen-bond donors (Lipinski definition) is 0. The number of nitrogens with zero attached hydrogens (tertiary/aromatic N) is 2. The van der Waals surface area contributed by atoms with Crippen molar-refractivity contribution in [1.29, 1.82) is 0 Å². The molecule has 0 radical (unpaired) electrons. The average Bonchev–Trinajstić information content (AvgIpc) is 3.03. The van der Waals surface area contributed by atoms with Crippen LogP contribution >= 0.6 is 11.3 Å². The summed E-state index contributed by atoms with van der Waals surface area (Å²) in [6.07, 6.45) is 4.25. The number of amides is 1. The van der Waals surface area contributed by atoms with Crippen molar-refractivity contribution in [2.45, 2.75) is 37.8 Å². The fourth-order valence-corrected chi connectivity index (χ4v) is 3.47. The molecular weight excluding hydrogens is 279 g/mol. The molecule has 0 aromatic carbocycles. The molecule has 3 rings (SSSR count). The summed E-state index contributed by atoms with van der Waals surface area (Å²) in [5, 5.41) is 12.0. The van der Waals surface area contributed by atoms with Crippen LogP contribution in [-0.4, -0.2) is 33.8 Å². The van der Waals surface area contributed by atoms with Crippen molar-refractivity contribution in [3.8, 4) is 0 Å². The summed E-state index contributed by atoms with van der Waals surface area (Å²) < 4.78 is 0. The fourth-order valence-electron chi connectivity index (χ4n) is 2.84. The largest absolute Gasteiger partial charge is 1.00 e. The van der Waals surface area contributed by atoms with Crippen LogP contribution in [0.1, 0.15) is 46.0 Å². The minimum atomic E-state index is -1.32. The molecule has 1 amide bonds. The Bertz CT molecular complexity index is 470. The average molecular weight is 290 g/mol. The molecule has 2 fully saturated rings. The minimum absolute atomic E-state index is 0. The molecule has 18 heavy (non-hydrogen) atoms. The van der Waals surface area contributed by atoms with Crippen molar-refractivity contribution in [3.63, 3.8) is 0 Å². The van der Waals surface area contributed by atoms with Gasteiger partial charge in [-0.3, -0.25) is 4.79 Å². The smallest absolute Gasteiger partial charge is 0.542 e. The van der Waals surface area contributed by atoms with E-state index in [1.807, 2.05) is 4.90 Å². The Balaban J connectivity index is 0.00000120. The molecule has 1 aromatic rings. The normalized spacial score (nSPS) is 25.0. The number of carboxylic acids is 1. The monoisotopic (exact) mass is 290 g/mol. The van der Waals surface area contributed by atoms with Crippen molar-refractivity contribution in [3.05, 3.63) is 16.1 Å². The third-order valence-electron chi connectivity index (χ3n) is 3.59. The number of carbonyl (C=O) groups is 2. The number of hydrogen-bond acceptors (Lipinski definition) is 5. The molecule has 2 saturated heterocycles. The third kappa shape index (κ3) is 2.44. The second-order valence-corrected chi connectivity index (χ2v) is 5.36. The van der Waals surface area contributed by atoms with Gasteiger partial charge in [0, 0.05) is 17.5 Å². The first-order valence-electron chi connectivity index (χ1n) is 5.66. The van der Waals surface area contributed by atoms with Crippen molar-refractivity contribution >= 4 is 23.2 Å². The number of aromatic nitrogens is 1. The third-order valence-corrected chi connectivity index (χ3v) is 4.41. The minimum Gasteiger partial charge on any atom is -0.542 e. The van der Waals surface area contributed by atoms with Crippen LogP contribution in [0.4, 0.5) is 0 Å². The zero-order chi connectivity index (χ0) is 12.0. The van der Waals surface area contributed by atoms with Gasteiger partial charge in [0.05, 0.1) is 0 Å². The second-order valence-electron chi connectivity index (χ2n) is 4.50. The van der Waals surface area contributed by atoms with E-state index in [0.717, 1.165) is 37.0 Å². The number of aromatic carboxylic acids is 1. The van der Waals surface area contributed by atoms with Crippen molar-refractivity contribution in [1.82, 2.24) is 9.88 Å². The molecule has 2 bridgehead atoms. The quantitative estimate of drug-likeness (QED) is 0.555. The SMILES string of the molecule is O=C([O-])c1nc(C(=O)N2C3CCC2CC3)cs1.[K+]. The molecule has 5 nitrogen and oxygen atoms in total. The van der Waals surface area contributed by atoms with Gasteiger partial charge in [-0.25, -0.2) is 4.98 Å². The van der Waals surface area contributed by atoms with E-state index in [4.69, 9.17) is 0 Å². The van der Waals surface area contributed by atoms with Gasteiger partial charge in [-0.2, -0.15) is 0 Å². The fraction of sp³-hybridized carbons (Fsp3) is 0.545. The van der Waals surface area contributed by atoms with Crippen LogP contribution in [0.2, 0.25) is 0 Å². The zero-order valence-corrected chi connectivity index (χ0v) is 14.0. The summed E-state index contributed by atoms with van der Waals surface area (Å²) in [5.41, 5.74) is 0.244. The first-order chi connectivity index (χ1) is 8.16. The van der Waals surface area contributed by atoms with E-state index in [1.165, 1.54) is 5.38 Å². The van der Waals surface area contributed by atoms with Crippen LogP contribution in [0, 0.1) is 0 Å². The van der Waals surface area contributed by atoms with Crippen LogP contribution < -0.4 is 56.5 Å². The summed E-state index contributed by atoms with van der Waals surface area (Å²) >= 11 is 0.947. The molecule has 1 aromatic heterocycles. The number of fused-ring (bicyclic) bond motifs is 2. The molecule has 2 aliphatic rings. The van der Waals surface area contributed by atoms with Crippen LogP contribution in [-0.2, 0) is 0 Å². The van der Waals surface area contributed by atoms with Crippen LogP contribution in [0.3, 0.4) is 0 Å². The van der Waals surface area contributed by atoms with Gasteiger partial charge in [0.25, 0.3) is 5.91 Å². The Hall–Kier alpha value is 0.206. The second kappa shape index (κ2) is 5.68. The standard InChI is InChI=1S/C11H12N2O3S.K/c14-10(8-5-17-9(12-8)11(15)16)13-6-1-2-7(13)4-3-6;/h5-7H,1-4H2,(H,15,16);/q;+1/p-1. The Morgan fingerprint density at radius 3 is 2.28 bits per heavy atom. The van der Waals surface area contributed by atoms with E-state index in [-0.39, 0.29) is 68.0 Å². The maximum Gasteiger partial charge on any atom is 1.00 e. The number of rotatable bonds is 2. The Labute approximate surface area is 151 Å². The maximum atomic E-state index is 12.2. The van der Waals surface area contributed by atoms with E-state index in [2.05, 4.69) is 4.98 Å². The van der Waals surface area contributed by atoms with Gasteiger partial charge in [-0.15, -0.1) is 11.3 Å². The molecule has 0 saturated carbocycles. The van der Waals surface area contributed by atoms with E-state index in [9.17, 15) is 14.7 Å². The van der Waals surface area contributed by atoms with Crippen LogP contribution in [0.25, 0.3) is 0 Å². The zero-order valence-electron chi connectivity index (χ0n) is 10.1. The van der Waals surface area contributed by atoms with E-state index in [1.54, 1.807) is 0 Å². The molecule has 2 aliphatic heterocycles. The molecule has 0 N–H and O–H groups in total. The number of carboxylic acid groups (broad SMARTS) is 1. The molecule has 3 heterocycles. The predicted molar refractivity (Wildman–Crippen MR) is 58.7 cm³/mol. The summed E-state index contributed by atoms with van der Waals surface area (Å²) in [6.45, 7) is 0. The first kappa shape index (κ1) is 14.6. The Morgan fingerprint density at radius 1 is 1.28 bits per heavy atom. The molecule has 0 unspecified atom stereocenters. The molecule has 7 heteroatoms. The Kier molecular flexibility index (Phi) is 4.61. The van der Waals surface area contributed by atoms with Crippen LogP contribution in [0.15, 0.2) is 5.38 Å². The topological polar surface area (TPSA) is 73.3 Å². The number of carbonyl (C=O) groups excluding carboxylic acids is 2. The van der Waals surface area contributed by atoms with Gasteiger partial charge >= 0.3 is 51.4 Å². The molecule has 90 valence electrons. The Morgan fingerprint density at radius 2 is 1.83 bits per heavy atom. The van der Waals surface area contributed by atoms with Gasteiger partial charge < -0.3 is 14.8 Å². The summed E-state index contributed by atoms with van der Waals surface area (Å²) in [7, 11) is 0. The summed E-state index contributed by atoms with van der Waals surface area (Å²) in [6, 6.07) is 0.668. The van der Waals surface area contributed by atoms with Gasteiger partial charge in [-0.05, 0) is 25.7 Å². The molecule has 0 aliphatic carbocycles. The van der Waals surface area contributed by atoms with Gasteiger partial charge in [0.1, 0.15) is 16.7 Å². The maximum absolute atomic E-state index is 12.2. The molecular formula is C11H11KN2O3S. The van der Waals surface area contributed by atoms with E-state index < -0.39 is 5.97 Å². The van der Waals surface area contributed by atoms with E-state index in [0.29, 0.717) is 12.1 Å². The van der Waals surface area contributed by atoms with E-state index >= 15 is 0 Å². The van der Waals surface area contributed by atoms with Gasteiger partial charge in [-0.1, -0.05) is 0 Å². The van der Waals surface area contributed by atoms with Crippen LogP contribution in [0.5, 0.6) is 0 Å². The predicted octanol–water partition coefficient (Wildman–Crippen LogP) is -2.72. The first-order valence-corrected chi connectivity index (χ1v) is 6.54.